The van der Waals surface area contributed by atoms with Crippen molar-refractivity contribution < 1.29 is 28.6 Å². The molecule has 3 rings (SSSR count). The zero-order valence-electron chi connectivity index (χ0n) is 14.8. The van der Waals surface area contributed by atoms with Crippen LogP contribution < -0.4 is 9.47 Å². The molecule has 1 aliphatic rings. The van der Waals surface area contributed by atoms with Gasteiger partial charge in [0, 0.05) is 19.2 Å². The van der Waals surface area contributed by atoms with Gasteiger partial charge in [-0.3, -0.25) is 9.59 Å². The Balaban J connectivity index is 1.52. The second kappa shape index (κ2) is 8.35. The van der Waals surface area contributed by atoms with Crippen LogP contribution >= 0.6 is 0 Å². The van der Waals surface area contributed by atoms with E-state index in [1.54, 1.807) is 7.05 Å². The number of ether oxygens (including phenoxy) is 3. The van der Waals surface area contributed by atoms with Gasteiger partial charge in [-0.25, -0.2) is 4.79 Å². The fraction of sp³-hybridized carbons (Fsp3) is 0.250. The van der Waals surface area contributed by atoms with E-state index in [1.807, 2.05) is 18.2 Å². The summed E-state index contributed by atoms with van der Waals surface area (Å²) < 4.78 is 16.1. The lowest BCUT2D eigenvalue weighted by atomic mass is 10.1. The monoisotopic (exact) mass is 369 g/mol. The Morgan fingerprint density at radius 1 is 1.07 bits per heavy atom. The quantitative estimate of drug-likeness (QED) is 0.573. The van der Waals surface area contributed by atoms with E-state index in [9.17, 15) is 14.4 Å². The molecule has 1 heterocycles. The Morgan fingerprint density at radius 2 is 1.78 bits per heavy atom. The first-order valence-electron chi connectivity index (χ1n) is 8.41. The molecule has 1 amide bonds. The van der Waals surface area contributed by atoms with Crippen LogP contribution in [-0.4, -0.2) is 49.9 Å². The van der Waals surface area contributed by atoms with Crippen LogP contribution in [0.25, 0.3) is 0 Å². The number of fused-ring (bicyclic) bond motifs is 1. The number of hydrogen-bond donors (Lipinski definition) is 0. The van der Waals surface area contributed by atoms with Crippen molar-refractivity contribution in [1.82, 2.24) is 4.90 Å². The van der Waals surface area contributed by atoms with E-state index < -0.39 is 5.97 Å². The van der Waals surface area contributed by atoms with Crippen LogP contribution in [0.15, 0.2) is 42.5 Å². The molecule has 0 bridgehead atoms. The van der Waals surface area contributed by atoms with Crippen molar-refractivity contribution >= 4 is 18.2 Å². The number of carbonyl (C=O) groups excluding carboxylic acids is 3. The number of hydrogen-bond acceptors (Lipinski definition) is 6. The molecule has 0 spiro atoms. The van der Waals surface area contributed by atoms with Gasteiger partial charge in [-0.05, 0) is 29.8 Å². The minimum atomic E-state index is -0.617. The summed E-state index contributed by atoms with van der Waals surface area (Å²) in [5.74, 6) is 0.398. The largest absolute Gasteiger partial charge is 0.486 e. The molecule has 1 aliphatic heterocycles. The number of esters is 1. The van der Waals surface area contributed by atoms with Crippen LogP contribution in [-0.2, 0) is 16.1 Å². The second-order valence-corrected chi connectivity index (χ2v) is 6.04. The van der Waals surface area contributed by atoms with Gasteiger partial charge in [0.25, 0.3) is 5.91 Å². The summed E-state index contributed by atoms with van der Waals surface area (Å²) in [6.45, 7) is 0.999. The van der Waals surface area contributed by atoms with E-state index in [0.29, 0.717) is 43.1 Å². The molecule has 0 unspecified atom stereocenters. The highest BCUT2D eigenvalue weighted by atomic mass is 16.6. The highest BCUT2D eigenvalue weighted by molar-refractivity contribution is 5.92. The summed E-state index contributed by atoms with van der Waals surface area (Å²) in [7, 11) is 1.63. The molecule has 0 atom stereocenters. The lowest BCUT2D eigenvalue weighted by molar-refractivity contribution is -0.133. The summed E-state index contributed by atoms with van der Waals surface area (Å²) in [5, 5.41) is 0. The minimum Gasteiger partial charge on any atom is -0.486 e. The predicted octanol–water partition coefficient (Wildman–Crippen LogP) is 2.09. The van der Waals surface area contributed by atoms with Crippen molar-refractivity contribution in [3.8, 4) is 11.5 Å². The number of benzene rings is 2. The molecule has 0 saturated heterocycles. The Bertz CT molecular complexity index is 846. The smallest absolute Gasteiger partial charge is 0.338 e. The van der Waals surface area contributed by atoms with Gasteiger partial charge in [0.2, 0.25) is 0 Å². The molecular formula is C20H19NO6. The summed E-state index contributed by atoms with van der Waals surface area (Å²) in [6, 6.07) is 11.5. The maximum Gasteiger partial charge on any atom is 0.338 e. The molecule has 0 aromatic heterocycles. The average molecular weight is 369 g/mol. The van der Waals surface area contributed by atoms with Crippen molar-refractivity contribution in [1.29, 1.82) is 0 Å². The Labute approximate surface area is 156 Å². The molecule has 27 heavy (non-hydrogen) atoms. The number of likely N-dealkylation sites (N-methyl/N-ethyl adjacent to an activating group) is 1. The molecule has 0 N–H and O–H groups in total. The number of nitrogens with zero attached hydrogens (tertiary/aromatic N) is 1. The van der Waals surface area contributed by atoms with E-state index >= 15 is 0 Å². The van der Waals surface area contributed by atoms with Crippen LogP contribution in [0.3, 0.4) is 0 Å². The van der Waals surface area contributed by atoms with E-state index in [1.165, 1.54) is 29.2 Å². The van der Waals surface area contributed by atoms with Gasteiger partial charge in [0.15, 0.2) is 18.1 Å². The Hall–Kier alpha value is -3.35. The van der Waals surface area contributed by atoms with E-state index in [2.05, 4.69) is 0 Å². The van der Waals surface area contributed by atoms with Gasteiger partial charge in [-0.2, -0.15) is 0 Å². The van der Waals surface area contributed by atoms with Gasteiger partial charge in [0.1, 0.15) is 19.5 Å². The fourth-order valence-electron chi connectivity index (χ4n) is 2.57. The number of carbonyl (C=O) groups is 3. The van der Waals surface area contributed by atoms with Crippen LogP contribution in [0, 0.1) is 0 Å². The van der Waals surface area contributed by atoms with Gasteiger partial charge < -0.3 is 19.1 Å². The molecule has 2 aromatic carbocycles. The SMILES string of the molecule is CN(Cc1ccc2c(c1)OCCO2)C(=O)COC(=O)c1ccc(C=O)cc1. The molecule has 7 heteroatoms. The van der Waals surface area contributed by atoms with Crippen molar-refractivity contribution in [2.45, 2.75) is 6.54 Å². The average Bonchev–Trinajstić information content (AvgIpc) is 2.71. The Morgan fingerprint density at radius 3 is 2.48 bits per heavy atom. The van der Waals surface area contributed by atoms with Gasteiger partial charge in [-0.15, -0.1) is 0 Å². The number of rotatable bonds is 6. The maximum atomic E-state index is 12.2. The lowest BCUT2D eigenvalue weighted by Gasteiger charge is -2.21. The molecule has 0 saturated carbocycles. The van der Waals surface area contributed by atoms with Crippen molar-refractivity contribution in [3.63, 3.8) is 0 Å². The Kier molecular flexibility index (Phi) is 5.71. The third-order valence-electron chi connectivity index (χ3n) is 4.06. The summed E-state index contributed by atoms with van der Waals surface area (Å²) >= 11 is 0. The van der Waals surface area contributed by atoms with E-state index in [4.69, 9.17) is 14.2 Å². The first-order chi connectivity index (χ1) is 13.1. The zero-order chi connectivity index (χ0) is 19.2. The van der Waals surface area contributed by atoms with Crippen LogP contribution in [0.4, 0.5) is 0 Å². The summed E-state index contributed by atoms with van der Waals surface area (Å²) in [5.41, 5.74) is 1.62. The summed E-state index contributed by atoms with van der Waals surface area (Å²) in [6.07, 6.45) is 0.686. The van der Waals surface area contributed by atoms with Crippen LogP contribution in [0.1, 0.15) is 26.3 Å². The predicted molar refractivity (Wildman–Crippen MR) is 96.0 cm³/mol. The third-order valence-corrected chi connectivity index (χ3v) is 4.06. The van der Waals surface area contributed by atoms with Crippen molar-refractivity contribution in [2.24, 2.45) is 0 Å². The normalized spacial score (nSPS) is 12.2. The number of aldehydes is 1. The van der Waals surface area contributed by atoms with E-state index in [-0.39, 0.29) is 18.1 Å². The highest BCUT2D eigenvalue weighted by Crippen LogP contribution is 2.31. The van der Waals surface area contributed by atoms with Crippen molar-refractivity contribution in [3.05, 3.63) is 59.2 Å². The highest BCUT2D eigenvalue weighted by Gasteiger charge is 2.16. The molecule has 7 nitrogen and oxygen atoms in total. The number of amides is 1. The molecule has 140 valence electrons. The fourth-order valence-corrected chi connectivity index (χ4v) is 2.57. The van der Waals surface area contributed by atoms with Crippen LogP contribution in [0.5, 0.6) is 11.5 Å². The lowest BCUT2D eigenvalue weighted by Crippen LogP contribution is -2.30. The zero-order valence-corrected chi connectivity index (χ0v) is 14.8. The summed E-state index contributed by atoms with van der Waals surface area (Å²) in [4.78, 5) is 36.3. The first-order valence-corrected chi connectivity index (χ1v) is 8.41. The first kappa shape index (κ1) is 18.4. The second-order valence-electron chi connectivity index (χ2n) is 6.04. The van der Waals surface area contributed by atoms with Gasteiger partial charge in [-0.1, -0.05) is 18.2 Å². The standard InChI is InChI=1S/C20H19NO6/c1-21(11-15-4-7-17-18(10-15)26-9-8-25-17)19(23)13-27-20(24)16-5-2-14(12-22)3-6-16/h2-7,10,12H,8-9,11,13H2,1H3. The molecule has 0 fully saturated rings. The molecule has 0 aliphatic carbocycles. The van der Waals surface area contributed by atoms with Gasteiger partial charge in [0.05, 0.1) is 5.56 Å². The van der Waals surface area contributed by atoms with Crippen molar-refractivity contribution in [2.75, 3.05) is 26.9 Å². The third kappa shape index (κ3) is 4.63. The van der Waals surface area contributed by atoms with E-state index in [0.717, 1.165) is 5.56 Å². The minimum absolute atomic E-state index is 0.280. The topological polar surface area (TPSA) is 82.1 Å². The van der Waals surface area contributed by atoms with Crippen LogP contribution in [0.2, 0.25) is 0 Å². The molecule has 0 radical (unpaired) electrons. The maximum absolute atomic E-state index is 12.2. The molecular weight excluding hydrogens is 350 g/mol. The molecule has 2 aromatic rings. The van der Waals surface area contributed by atoms with Gasteiger partial charge >= 0.3 is 5.97 Å².